The SMILES string of the molecule is CCc1ccc2c(=O)c(-c3ccccc3)cn(CC(=O)c3oc(C)nc3C)c2c1. The molecule has 0 aliphatic rings. The number of Topliss-reactive ketones (excluding diaryl/α,β-unsaturated/α-hetero) is 1. The second-order valence-corrected chi connectivity index (χ2v) is 7.14. The summed E-state index contributed by atoms with van der Waals surface area (Å²) in [5, 5.41) is 0.599. The van der Waals surface area contributed by atoms with Crippen molar-refractivity contribution in [2.45, 2.75) is 33.7 Å². The molecule has 29 heavy (non-hydrogen) atoms. The van der Waals surface area contributed by atoms with E-state index in [1.807, 2.05) is 53.1 Å². The van der Waals surface area contributed by atoms with Crippen LogP contribution in [0.2, 0.25) is 0 Å². The second-order valence-electron chi connectivity index (χ2n) is 7.14. The smallest absolute Gasteiger partial charge is 0.219 e. The lowest BCUT2D eigenvalue weighted by Crippen LogP contribution is -2.17. The zero-order chi connectivity index (χ0) is 20.5. The van der Waals surface area contributed by atoms with E-state index in [1.54, 1.807) is 20.0 Å². The fourth-order valence-electron chi connectivity index (χ4n) is 3.63. The highest BCUT2D eigenvalue weighted by Crippen LogP contribution is 2.22. The highest BCUT2D eigenvalue weighted by molar-refractivity contribution is 5.95. The first kappa shape index (κ1) is 18.9. The van der Waals surface area contributed by atoms with Gasteiger partial charge in [0, 0.05) is 24.1 Å². The monoisotopic (exact) mass is 386 g/mol. The van der Waals surface area contributed by atoms with Crippen LogP contribution in [-0.2, 0) is 13.0 Å². The second kappa shape index (κ2) is 7.51. The van der Waals surface area contributed by atoms with E-state index in [1.165, 1.54) is 0 Å². The Hall–Kier alpha value is -3.47. The van der Waals surface area contributed by atoms with Crippen molar-refractivity contribution in [2.75, 3.05) is 0 Å². The highest BCUT2D eigenvalue weighted by atomic mass is 16.4. The van der Waals surface area contributed by atoms with E-state index in [-0.39, 0.29) is 23.5 Å². The standard InChI is InChI=1S/C24H22N2O3/c1-4-17-10-11-19-21(12-17)26(14-22(27)24-15(2)25-16(3)29-24)13-20(23(19)28)18-8-6-5-7-9-18/h5-13H,4,14H2,1-3H3. The van der Waals surface area contributed by atoms with E-state index in [9.17, 15) is 9.59 Å². The molecule has 146 valence electrons. The van der Waals surface area contributed by atoms with Crippen molar-refractivity contribution in [3.63, 3.8) is 0 Å². The summed E-state index contributed by atoms with van der Waals surface area (Å²) in [4.78, 5) is 30.3. The first-order valence-corrected chi connectivity index (χ1v) is 9.66. The molecule has 4 rings (SSSR count). The molecule has 0 saturated heterocycles. The molecule has 2 aromatic carbocycles. The van der Waals surface area contributed by atoms with Gasteiger partial charge in [-0.1, -0.05) is 43.3 Å². The quantitative estimate of drug-likeness (QED) is 0.466. The van der Waals surface area contributed by atoms with E-state index < -0.39 is 0 Å². The molecular weight excluding hydrogens is 364 g/mol. The molecule has 0 atom stereocenters. The van der Waals surface area contributed by atoms with Crippen molar-refractivity contribution in [3.8, 4) is 11.1 Å². The van der Waals surface area contributed by atoms with Crippen molar-refractivity contribution in [3.05, 3.63) is 87.9 Å². The maximum Gasteiger partial charge on any atom is 0.219 e. The Morgan fingerprint density at radius 1 is 1.10 bits per heavy atom. The molecule has 0 spiro atoms. The van der Waals surface area contributed by atoms with Gasteiger partial charge in [-0.3, -0.25) is 9.59 Å². The molecule has 0 radical (unpaired) electrons. The fourth-order valence-corrected chi connectivity index (χ4v) is 3.63. The van der Waals surface area contributed by atoms with Gasteiger partial charge in [0.25, 0.3) is 0 Å². The number of nitrogens with zero attached hydrogens (tertiary/aromatic N) is 2. The van der Waals surface area contributed by atoms with Crippen LogP contribution in [0.3, 0.4) is 0 Å². The van der Waals surface area contributed by atoms with Crippen molar-refractivity contribution in [2.24, 2.45) is 0 Å². The van der Waals surface area contributed by atoms with Crippen LogP contribution in [0, 0.1) is 13.8 Å². The Morgan fingerprint density at radius 3 is 2.52 bits per heavy atom. The van der Waals surface area contributed by atoms with E-state index in [0.717, 1.165) is 23.1 Å². The number of hydrogen-bond donors (Lipinski definition) is 0. The lowest BCUT2D eigenvalue weighted by atomic mass is 10.0. The minimum atomic E-state index is -0.172. The van der Waals surface area contributed by atoms with Gasteiger partial charge in [-0.25, -0.2) is 4.98 Å². The molecular formula is C24H22N2O3. The van der Waals surface area contributed by atoms with Gasteiger partial charge in [-0.15, -0.1) is 0 Å². The number of ketones is 1. The summed E-state index contributed by atoms with van der Waals surface area (Å²) < 4.78 is 7.35. The molecule has 2 aromatic heterocycles. The summed E-state index contributed by atoms with van der Waals surface area (Å²) in [5.41, 5.74) is 3.79. The summed E-state index contributed by atoms with van der Waals surface area (Å²) in [6.45, 7) is 5.62. The van der Waals surface area contributed by atoms with Crippen LogP contribution in [0.1, 0.15) is 34.6 Å². The Morgan fingerprint density at radius 2 is 1.86 bits per heavy atom. The minimum absolute atomic E-state index is 0.0377. The molecule has 2 heterocycles. The average molecular weight is 386 g/mol. The summed E-state index contributed by atoms with van der Waals surface area (Å²) in [7, 11) is 0. The summed E-state index contributed by atoms with van der Waals surface area (Å²) in [6.07, 6.45) is 2.62. The van der Waals surface area contributed by atoms with Crippen LogP contribution < -0.4 is 5.43 Å². The first-order valence-electron chi connectivity index (χ1n) is 9.66. The number of rotatable bonds is 5. The summed E-state index contributed by atoms with van der Waals surface area (Å²) >= 11 is 0. The highest BCUT2D eigenvalue weighted by Gasteiger charge is 2.19. The van der Waals surface area contributed by atoms with Crippen molar-refractivity contribution in [1.82, 2.24) is 9.55 Å². The van der Waals surface area contributed by atoms with Gasteiger partial charge in [0.15, 0.2) is 17.1 Å². The van der Waals surface area contributed by atoms with Crippen LogP contribution in [0.15, 0.2) is 63.9 Å². The molecule has 5 nitrogen and oxygen atoms in total. The molecule has 0 bridgehead atoms. The van der Waals surface area contributed by atoms with Crippen LogP contribution in [-0.4, -0.2) is 15.3 Å². The number of carbonyl (C=O) groups excluding carboxylic acids is 1. The molecule has 0 saturated carbocycles. The largest absolute Gasteiger partial charge is 0.438 e. The number of carbonyl (C=O) groups is 1. The van der Waals surface area contributed by atoms with E-state index in [2.05, 4.69) is 11.9 Å². The number of aromatic nitrogens is 2. The van der Waals surface area contributed by atoms with Gasteiger partial charge in [0.05, 0.1) is 17.8 Å². The van der Waals surface area contributed by atoms with Crippen LogP contribution in [0.4, 0.5) is 0 Å². The molecule has 0 aliphatic carbocycles. The lowest BCUT2D eigenvalue weighted by molar-refractivity contribution is 0.0944. The van der Waals surface area contributed by atoms with E-state index in [4.69, 9.17) is 4.42 Å². The van der Waals surface area contributed by atoms with Crippen LogP contribution >= 0.6 is 0 Å². The molecule has 0 amide bonds. The van der Waals surface area contributed by atoms with Gasteiger partial charge < -0.3 is 8.98 Å². The van der Waals surface area contributed by atoms with Crippen molar-refractivity contribution >= 4 is 16.7 Å². The van der Waals surface area contributed by atoms with Crippen LogP contribution in [0.5, 0.6) is 0 Å². The molecule has 0 aliphatic heterocycles. The van der Waals surface area contributed by atoms with Gasteiger partial charge in [0.1, 0.15) is 0 Å². The molecule has 4 aromatic rings. The Kier molecular flexibility index (Phi) is 4.89. The zero-order valence-corrected chi connectivity index (χ0v) is 16.7. The van der Waals surface area contributed by atoms with Crippen molar-refractivity contribution in [1.29, 1.82) is 0 Å². The Balaban J connectivity index is 1.91. The zero-order valence-electron chi connectivity index (χ0n) is 16.7. The molecule has 5 heteroatoms. The average Bonchev–Trinajstić information content (AvgIpc) is 3.08. The van der Waals surface area contributed by atoms with Crippen LogP contribution in [0.25, 0.3) is 22.0 Å². The predicted molar refractivity (Wildman–Crippen MR) is 113 cm³/mol. The Labute approximate surface area is 168 Å². The number of hydrogen-bond acceptors (Lipinski definition) is 4. The van der Waals surface area contributed by atoms with E-state index >= 15 is 0 Å². The fraction of sp³-hybridized carbons (Fsp3) is 0.208. The maximum absolute atomic E-state index is 13.2. The topological polar surface area (TPSA) is 65.1 Å². The normalized spacial score (nSPS) is 11.1. The van der Waals surface area contributed by atoms with Gasteiger partial charge in [0.2, 0.25) is 5.78 Å². The third-order valence-corrected chi connectivity index (χ3v) is 5.11. The molecule has 0 N–H and O–H groups in total. The third-order valence-electron chi connectivity index (χ3n) is 5.11. The number of oxazole rings is 1. The van der Waals surface area contributed by atoms with Gasteiger partial charge in [-0.05, 0) is 36.6 Å². The molecule has 0 unspecified atom stereocenters. The number of pyridine rings is 1. The van der Waals surface area contributed by atoms with Gasteiger partial charge >= 0.3 is 0 Å². The lowest BCUT2D eigenvalue weighted by Gasteiger charge is -2.14. The first-order chi connectivity index (χ1) is 14.0. The third kappa shape index (κ3) is 3.51. The van der Waals surface area contributed by atoms with Gasteiger partial charge in [-0.2, -0.15) is 0 Å². The number of benzene rings is 2. The van der Waals surface area contributed by atoms with E-state index in [0.29, 0.717) is 22.5 Å². The number of fused-ring (bicyclic) bond motifs is 1. The predicted octanol–water partition coefficient (Wildman–Crippen LogP) is 4.72. The molecule has 0 fully saturated rings. The summed E-state index contributed by atoms with van der Waals surface area (Å²) in [6, 6.07) is 15.3. The summed E-state index contributed by atoms with van der Waals surface area (Å²) in [5.74, 6) is 0.560. The minimum Gasteiger partial charge on any atom is -0.438 e. The maximum atomic E-state index is 13.2. The Bertz CT molecular complexity index is 1270. The number of aryl methyl sites for hydroxylation is 3. The van der Waals surface area contributed by atoms with Crippen molar-refractivity contribution < 1.29 is 9.21 Å².